The van der Waals surface area contributed by atoms with Crippen LogP contribution in [0.1, 0.15) is 68.7 Å². The van der Waals surface area contributed by atoms with Gasteiger partial charge in [0.05, 0.1) is 6.61 Å². The Morgan fingerprint density at radius 1 is 1.00 bits per heavy atom. The molecule has 136 valence electrons. The second-order valence-corrected chi connectivity index (χ2v) is 12.8. The SMILES string of the molecule is CCOC(=O)/C(C)=C/[C@H](CC)CO[Si](C(C)C)(C(C)C)C(C)C. The van der Waals surface area contributed by atoms with Gasteiger partial charge in [0.25, 0.3) is 0 Å². The average Bonchev–Trinajstić information content (AvgIpc) is 2.45. The van der Waals surface area contributed by atoms with Crippen LogP contribution >= 0.6 is 0 Å². The third kappa shape index (κ3) is 6.07. The molecule has 0 aromatic rings. The van der Waals surface area contributed by atoms with Gasteiger partial charge in [0.2, 0.25) is 0 Å². The van der Waals surface area contributed by atoms with Crippen molar-refractivity contribution >= 4 is 14.3 Å². The van der Waals surface area contributed by atoms with E-state index in [1.165, 1.54) is 0 Å². The van der Waals surface area contributed by atoms with Gasteiger partial charge in [0.15, 0.2) is 8.32 Å². The number of esters is 1. The van der Waals surface area contributed by atoms with E-state index in [4.69, 9.17) is 9.16 Å². The average molecular weight is 343 g/mol. The molecule has 0 unspecified atom stereocenters. The molecule has 0 radical (unpaired) electrons. The number of rotatable bonds is 10. The molecule has 0 spiro atoms. The lowest BCUT2D eigenvalue weighted by Gasteiger charge is -2.42. The molecule has 0 aliphatic rings. The predicted octanol–water partition coefficient (Wildman–Crippen LogP) is 5.71. The van der Waals surface area contributed by atoms with Gasteiger partial charge in [-0.15, -0.1) is 0 Å². The highest BCUT2D eigenvalue weighted by Crippen LogP contribution is 2.42. The van der Waals surface area contributed by atoms with Gasteiger partial charge in [-0.05, 0) is 42.8 Å². The largest absolute Gasteiger partial charge is 0.463 e. The van der Waals surface area contributed by atoms with E-state index in [0.717, 1.165) is 6.42 Å². The van der Waals surface area contributed by atoms with Crippen molar-refractivity contribution in [2.45, 2.75) is 85.4 Å². The number of carbonyl (C=O) groups is 1. The molecule has 0 rings (SSSR count). The van der Waals surface area contributed by atoms with Gasteiger partial charge in [0, 0.05) is 12.2 Å². The number of carbonyl (C=O) groups excluding carboxylic acids is 1. The van der Waals surface area contributed by atoms with Crippen LogP contribution in [0.5, 0.6) is 0 Å². The van der Waals surface area contributed by atoms with Crippen LogP contribution in [0.2, 0.25) is 16.6 Å². The highest BCUT2D eigenvalue weighted by atomic mass is 28.4. The summed E-state index contributed by atoms with van der Waals surface area (Å²) in [5.74, 6) is 0.0496. The molecule has 3 nitrogen and oxygen atoms in total. The van der Waals surface area contributed by atoms with Gasteiger partial charge in [-0.3, -0.25) is 0 Å². The van der Waals surface area contributed by atoms with Gasteiger partial charge in [-0.25, -0.2) is 4.79 Å². The van der Waals surface area contributed by atoms with Crippen molar-refractivity contribution in [3.8, 4) is 0 Å². The molecule has 0 aromatic carbocycles. The molecule has 0 aliphatic carbocycles. The predicted molar refractivity (Wildman–Crippen MR) is 101 cm³/mol. The van der Waals surface area contributed by atoms with E-state index in [1.807, 2.05) is 19.9 Å². The minimum absolute atomic E-state index is 0.217. The van der Waals surface area contributed by atoms with Gasteiger partial charge in [-0.2, -0.15) is 0 Å². The van der Waals surface area contributed by atoms with Crippen LogP contribution in [0.4, 0.5) is 0 Å². The van der Waals surface area contributed by atoms with E-state index < -0.39 is 8.32 Å². The Labute approximate surface area is 145 Å². The first kappa shape index (κ1) is 22.4. The maximum Gasteiger partial charge on any atom is 0.333 e. The summed E-state index contributed by atoms with van der Waals surface area (Å²) in [7, 11) is -1.85. The maximum absolute atomic E-state index is 11.8. The molecule has 0 saturated carbocycles. The first-order chi connectivity index (χ1) is 10.6. The summed E-state index contributed by atoms with van der Waals surface area (Å²) >= 11 is 0. The number of hydrogen-bond donors (Lipinski definition) is 0. The second kappa shape index (κ2) is 10.3. The summed E-state index contributed by atoms with van der Waals surface area (Å²) < 4.78 is 11.7. The second-order valence-electron chi connectivity index (χ2n) is 7.37. The Bertz CT molecular complexity index is 364. The summed E-state index contributed by atoms with van der Waals surface area (Å²) in [6, 6.07) is 0. The summed E-state index contributed by atoms with van der Waals surface area (Å²) in [6.07, 6.45) is 2.99. The van der Waals surface area contributed by atoms with E-state index in [2.05, 4.69) is 48.5 Å². The summed E-state index contributed by atoms with van der Waals surface area (Å²) in [5.41, 5.74) is 2.42. The van der Waals surface area contributed by atoms with Gasteiger partial charge in [0.1, 0.15) is 0 Å². The lowest BCUT2D eigenvalue weighted by Crippen LogP contribution is -2.48. The van der Waals surface area contributed by atoms with Crippen molar-refractivity contribution in [3.05, 3.63) is 11.6 Å². The molecular formula is C19H38O3Si. The van der Waals surface area contributed by atoms with Crippen molar-refractivity contribution in [1.29, 1.82) is 0 Å². The molecule has 0 bridgehead atoms. The highest BCUT2D eigenvalue weighted by molar-refractivity contribution is 6.77. The summed E-state index contributed by atoms with van der Waals surface area (Å²) in [6.45, 7) is 20.7. The minimum atomic E-state index is -1.85. The molecule has 0 amide bonds. The molecule has 1 atom stereocenters. The number of hydrogen-bond acceptors (Lipinski definition) is 3. The number of ether oxygens (including phenoxy) is 1. The minimum Gasteiger partial charge on any atom is -0.463 e. The van der Waals surface area contributed by atoms with Crippen molar-refractivity contribution < 1.29 is 14.0 Å². The van der Waals surface area contributed by atoms with E-state index in [0.29, 0.717) is 35.4 Å². The van der Waals surface area contributed by atoms with Crippen LogP contribution in [0.3, 0.4) is 0 Å². The van der Waals surface area contributed by atoms with E-state index in [1.54, 1.807) is 0 Å². The smallest absolute Gasteiger partial charge is 0.333 e. The Balaban J connectivity index is 5.12. The van der Waals surface area contributed by atoms with Crippen molar-refractivity contribution in [3.63, 3.8) is 0 Å². The van der Waals surface area contributed by atoms with E-state index in [-0.39, 0.29) is 11.9 Å². The van der Waals surface area contributed by atoms with Crippen LogP contribution in [-0.2, 0) is 14.0 Å². The lowest BCUT2D eigenvalue weighted by molar-refractivity contribution is -0.138. The molecule has 0 aromatic heterocycles. The molecule has 0 aliphatic heterocycles. The van der Waals surface area contributed by atoms with Gasteiger partial charge in [-0.1, -0.05) is 54.5 Å². The van der Waals surface area contributed by atoms with Crippen LogP contribution < -0.4 is 0 Å². The van der Waals surface area contributed by atoms with Crippen molar-refractivity contribution in [1.82, 2.24) is 0 Å². The van der Waals surface area contributed by atoms with Gasteiger partial charge < -0.3 is 9.16 Å². The van der Waals surface area contributed by atoms with Crippen LogP contribution in [-0.4, -0.2) is 27.5 Å². The Morgan fingerprint density at radius 2 is 1.48 bits per heavy atom. The molecule has 4 heteroatoms. The monoisotopic (exact) mass is 342 g/mol. The fraction of sp³-hybridized carbons (Fsp3) is 0.842. The zero-order valence-electron chi connectivity index (χ0n) is 16.7. The van der Waals surface area contributed by atoms with Crippen LogP contribution in [0.25, 0.3) is 0 Å². The third-order valence-corrected chi connectivity index (χ3v) is 10.9. The third-order valence-electron chi connectivity index (χ3n) is 4.86. The molecular weight excluding hydrogens is 304 g/mol. The van der Waals surface area contributed by atoms with Crippen LogP contribution in [0, 0.1) is 5.92 Å². The first-order valence-corrected chi connectivity index (χ1v) is 11.3. The Hall–Kier alpha value is -0.613. The Kier molecular flexibility index (Phi) is 10.0. The van der Waals surface area contributed by atoms with Crippen molar-refractivity contribution in [2.24, 2.45) is 5.92 Å². The summed E-state index contributed by atoms with van der Waals surface area (Å²) in [4.78, 5) is 11.8. The normalized spacial score (nSPS) is 14.7. The van der Waals surface area contributed by atoms with E-state index >= 15 is 0 Å². The quantitative estimate of drug-likeness (QED) is 0.289. The summed E-state index contributed by atoms with van der Waals surface area (Å²) in [5, 5.41) is 0. The Morgan fingerprint density at radius 3 is 1.83 bits per heavy atom. The zero-order valence-corrected chi connectivity index (χ0v) is 17.7. The molecule has 23 heavy (non-hydrogen) atoms. The lowest BCUT2D eigenvalue weighted by atomic mass is 10.0. The van der Waals surface area contributed by atoms with Gasteiger partial charge >= 0.3 is 5.97 Å². The topological polar surface area (TPSA) is 35.5 Å². The van der Waals surface area contributed by atoms with Crippen LogP contribution in [0.15, 0.2) is 11.6 Å². The maximum atomic E-state index is 11.8. The van der Waals surface area contributed by atoms with Crippen molar-refractivity contribution in [2.75, 3.05) is 13.2 Å². The molecule has 0 N–H and O–H groups in total. The molecule has 0 heterocycles. The first-order valence-electron chi connectivity index (χ1n) is 9.12. The molecule has 0 fully saturated rings. The highest BCUT2D eigenvalue weighted by Gasteiger charge is 2.45. The fourth-order valence-electron chi connectivity index (χ4n) is 3.70. The molecule has 0 saturated heterocycles. The standard InChI is InChI=1S/C19H38O3Si/c1-10-18(12-17(9)19(20)21-11-2)13-22-23(14(3)4,15(5)6)16(7)8/h12,14-16,18H,10-11,13H2,1-9H3/b17-12+/t18-/m0/s1. The zero-order chi connectivity index (χ0) is 18.2. The van der Waals surface area contributed by atoms with E-state index in [9.17, 15) is 4.79 Å². The fourth-order valence-corrected chi connectivity index (χ4v) is 9.20.